The van der Waals surface area contributed by atoms with Gasteiger partial charge in [0.2, 0.25) is 0 Å². The van der Waals surface area contributed by atoms with E-state index >= 15 is 0 Å². The van der Waals surface area contributed by atoms with Gasteiger partial charge in [-0.15, -0.1) is 11.3 Å². The molecule has 1 aliphatic carbocycles. The summed E-state index contributed by atoms with van der Waals surface area (Å²) in [5.41, 5.74) is 2.75. The third-order valence-corrected chi connectivity index (χ3v) is 5.04. The molecule has 0 spiro atoms. The van der Waals surface area contributed by atoms with E-state index in [1.807, 2.05) is 11.4 Å². The fourth-order valence-electron chi connectivity index (χ4n) is 2.80. The van der Waals surface area contributed by atoms with Crippen LogP contribution in [0.1, 0.15) is 33.6 Å². The Morgan fingerprint density at radius 3 is 2.68 bits per heavy atom. The van der Waals surface area contributed by atoms with Gasteiger partial charge in [0.1, 0.15) is 0 Å². The molecule has 0 atom stereocenters. The Balaban J connectivity index is 1.81. The van der Waals surface area contributed by atoms with E-state index in [0.29, 0.717) is 17.2 Å². The number of carbonyl (C=O) groups is 1. The van der Waals surface area contributed by atoms with Gasteiger partial charge in [-0.1, -0.05) is 0 Å². The van der Waals surface area contributed by atoms with Crippen molar-refractivity contribution in [2.45, 2.75) is 25.7 Å². The molecule has 0 unspecified atom stereocenters. The van der Waals surface area contributed by atoms with Crippen LogP contribution in [0.4, 0.5) is 5.69 Å². The number of rotatable bonds is 4. The number of methoxy groups -OCH3 is 2. The fourth-order valence-corrected chi connectivity index (χ4v) is 3.92. The summed E-state index contributed by atoms with van der Waals surface area (Å²) in [5, 5.41) is 4.93. The first-order valence-electron chi connectivity index (χ1n) is 7.35. The zero-order valence-electron chi connectivity index (χ0n) is 12.8. The number of ether oxygens (including phenoxy) is 2. The predicted molar refractivity (Wildman–Crippen MR) is 88.5 cm³/mol. The molecule has 0 bridgehead atoms. The molecule has 4 nitrogen and oxygen atoms in total. The van der Waals surface area contributed by atoms with E-state index in [4.69, 9.17) is 9.47 Å². The molecule has 3 rings (SSSR count). The van der Waals surface area contributed by atoms with Crippen LogP contribution in [0.25, 0.3) is 0 Å². The molecule has 116 valence electrons. The van der Waals surface area contributed by atoms with Gasteiger partial charge in [-0.2, -0.15) is 0 Å². The van der Waals surface area contributed by atoms with Crippen LogP contribution < -0.4 is 14.8 Å². The van der Waals surface area contributed by atoms with E-state index in [1.54, 1.807) is 37.7 Å². The maximum Gasteiger partial charge on any atom is 0.256 e. The molecule has 0 saturated heterocycles. The summed E-state index contributed by atoms with van der Waals surface area (Å²) in [4.78, 5) is 13.9. The maximum atomic E-state index is 12.5. The van der Waals surface area contributed by atoms with Crippen molar-refractivity contribution < 1.29 is 14.3 Å². The van der Waals surface area contributed by atoms with Gasteiger partial charge in [-0.05, 0) is 43.4 Å². The third kappa shape index (κ3) is 2.81. The number of nitrogens with one attached hydrogen (secondary N) is 1. The number of amides is 1. The topological polar surface area (TPSA) is 47.6 Å². The molecule has 0 aliphatic heterocycles. The van der Waals surface area contributed by atoms with Crippen molar-refractivity contribution in [2.75, 3.05) is 19.5 Å². The second-order valence-electron chi connectivity index (χ2n) is 5.28. The predicted octanol–water partition coefficient (Wildman–Crippen LogP) is 3.90. The van der Waals surface area contributed by atoms with E-state index in [0.717, 1.165) is 18.4 Å². The highest BCUT2D eigenvalue weighted by Gasteiger charge is 2.20. The Hall–Kier alpha value is -2.01. The smallest absolute Gasteiger partial charge is 0.256 e. The lowest BCUT2D eigenvalue weighted by atomic mass is 9.95. The van der Waals surface area contributed by atoms with Crippen molar-refractivity contribution in [3.63, 3.8) is 0 Å². The minimum atomic E-state index is -0.0494. The average molecular weight is 317 g/mol. The van der Waals surface area contributed by atoms with Crippen LogP contribution >= 0.6 is 11.3 Å². The van der Waals surface area contributed by atoms with Crippen LogP contribution in [0.15, 0.2) is 23.6 Å². The van der Waals surface area contributed by atoms with Crippen molar-refractivity contribution in [1.29, 1.82) is 0 Å². The van der Waals surface area contributed by atoms with Gasteiger partial charge in [0, 0.05) is 22.0 Å². The number of thiophene rings is 1. The number of fused-ring (bicyclic) bond motifs is 1. The summed E-state index contributed by atoms with van der Waals surface area (Å²) in [7, 11) is 3.17. The second kappa shape index (κ2) is 6.40. The van der Waals surface area contributed by atoms with Crippen LogP contribution in [0.5, 0.6) is 11.5 Å². The summed E-state index contributed by atoms with van der Waals surface area (Å²) >= 11 is 1.70. The monoisotopic (exact) mass is 317 g/mol. The molecule has 2 aromatic rings. The molecule has 1 N–H and O–H groups in total. The summed E-state index contributed by atoms with van der Waals surface area (Å²) in [6.07, 6.45) is 4.50. The number of aryl methyl sites for hydroxylation is 1. The molecule has 0 saturated carbocycles. The Morgan fingerprint density at radius 1 is 1.14 bits per heavy atom. The lowest BCUT2D eigenvalue weighted by Crippen LogP contribution is -2.14. The number of hydrogen-bond donors (Lipinski definition) is 1. The highest BCUT2D eigenvalue weighted by Crippen LogP contribution is 2.32. The highest BCUT2D eigenvalue weighted by atomic mass is 32.1. The summed E-state index contributed by atoms with van der Waals surface area (Å²) in [6, 6.07) is 5.38. The molecule has 1 heterocycles. The van der Waals surface area contributed by atoms with Crippen molar-refractivity contribution in [1.82, 2.24) is 0 Å². The van der Waals surface area contributed by atoms with E-state index in [1.165, 1.54) is 23.3 Å². The Labute approximate surface area is 134 Å². The zero-order valence-corrected chi connectivity index (χ0v) is 13.6. The minimum absolute atomic E-state index is 0.0494. The van der Waals surface area contributed by atoms with Crippen molar-refractivity contribution in [3.05, 3.63) is 39.6 Å². The molecule has 22 heavy (non-hydrogen) atoms. The van der Waals surface area contributed by atoms with Gasteiger partial charge in [0.05, 0.1) is 19.8 Å². The third-order valence-electron chi connectivity index (χ3n) is 3.95. The first kappa shape index (κ1) is 14.9. The van der Waals surface area contributed by atoms with Crippen molar-refractivity contribution in [2.24, 2.45) is 0 Å². The molecular weight excluding hydrogens is 298 g/mol. The highest BCUT2D eigenvalue weighted by molar-refractivity contribution is 7.10. The standard InChI is InChI=1S/C17H19NO3S/c1-20-14-8-7-11(9-15(14)21-2)18-17(19)13-10-22-16-6-4-3-5-12(13)16/h7-10H,3-6H2,1-2H3,(H,18,19). The fraction of sp³-hybridized carbons (Fsp3) is 0.353. The van der Waals surface area contributed by atoms with Crippen molar-refractivity contribution in [3.8, 4) is 11.5 Å². The SMILES string of the molecule is COc1ccc(NC(=O)c2csc3c2CCCC3)cc1OC. The van der Waals surface area contributed by atoms with Gasteiger partial charge in [-0.3, -0.25) is 4.79 Å². The average Bonchev–Trinajstić information content (AvgIpc) is 2.98. The van der Waals surface area contributed by atoms with Crippen LogP contribution in [0.2, 0.25) is 0 Å². The first-order chi connectivity index (χ1) is 10.7. The van der Waals surface area contributed by atoms with Gasteiger partial charge >= 0.3 is 0 Å². The van der Waals surface area contributed by atoms with Crippen molar-refractivity contribution >= 4 is 22.9 Å². The molecule has 0 radical (unpaired) electrons. The van der Waals surface area contributed by atoms with Crippen LogP contribution in [0.3, 0.4) is 0 Å². The van der Waals surface area contributed by atoms with Gasteiger partial charge in [0.25, 0.3) is 5.91 Å². The van der Waals surface area contributed by atoms with Crippen LogP contribution in [-0.2, 0) is 12.8 Å². The van der Waals surface area contributed by atoms with E-state index < -0.39 is 0 Å². The van der Waals surface area contributed by atoms with Gasteiger partial charge < -0.3 is 14.8 Å². The Kier molecular flexibility index (Phi) is 4.34. The van der Waals surface area contributed by atoms with E-state index in [9.17, 15) is 4.79 Å². The molecule has 1 aromatic heterocycles. The molecule has 1 aromatic carbocycles. The lowest BCUT2D eigenvalue weighted by Gasteiger charge is -2.13. The molecule has 5 heteroatoms. The maximum absolute atomic E-state index is 12.5. The number of carbonyl (C=O) groups excluding carboxylic acids is 1. The Morgan fingerprint density at radius 2 is 1.91 bits per heavy atom. The largest absolute Gasteiger partial charge is 0.493 e. The number of hydrogen-bond acceptors (Lipinski definition) is 4. The second-order valence-corrected chi connectivity index (χ2v) is 6.25. The molecule has 1 amide bonds. The zero-order chi connectivity index (χ0) is 15.5. The normalized spacial score (nSPS) is 13.4. The summed E-state index contributed by atoms with van der Waals surface area (Å²) < 4.78 is 10.5. The molecular formula is C17H19NO3S. The molecule has 1 aliphatic rings. The van der Waals surface area contributed by atoms with Gasteiger partial charge in [-0.25, -0.2) is 0 Å². The minimum Gasteiger partial charge on any atom is -0.493 e. The van der Waals surface area contributed by atoms with Crippen LogP contribution in [0, 0.1) is 0 Å². The summed E-state index contributed by atoms with van der Waals surface area (Å²) in [6.45, 7) is 0. The quantitative estimate of drug-likeness (QED) is 0.930. The van der Waals surface area contributed by atoms with E-state index in [2.05, 4.69) is 5.32 Å². The summed E-state index contributed by atoms with van der Waals surface area (Å²) in [5.74, 6) is 1.20. The number of benzene rings is 1. The Bertz CT molecular complexity index is 693. The molecule has 0 fully saturated rings. The lowest BCUT2D eigenvalue weighted by molar-refractivity contribution is 0.102. The van der Waals surface area contributed by atoms with E-state index in [-0.39, 0.29) is 5.91 Å². The van der Waals surface area contributed by atoms with Gasteiger partial charge in [0.15, 0.2) is 11.5 Å². The number of anilines is 1. The van der Waals surface area contributed by atoms with Crippen LogP contribution in [-0.4, -0.2) is 20.1 Å². The first-order valence-corrected chi connectivity index (χ1v) is 8.23.